The maximum atomic E-state index is 6.03. The van der Waals surface area contributed by atoms with Crippen LogP contribution in [0.5, 0.6) is 0 Å². The zero-order valence-corrected chi connectivity index (χ0v) is 8.48. The summed E-state index contributed by atoms with van der Waals surface area (Å²) in [5.74, 6) is 0.697. The van der Waals surface area contributed by atoms with E-state index in [-0.39, 0.29) is 5.54 Å². The lowest BCUT2D eigenvalue weighted by molar-refractivity contribution is 0.286. The summed E-state index contributed by atoms with van der Waals surface area (Å²) in [5, 5.41) is 0. The molecule has 0 bridgehead atoms. The summed E-state index contributed by atoms with van der Waals surface area (Å²) in [7, 11) is 0. The topological polar surface area (TPSA) is 26.0 Å². The molecule has 0 saturated carbocycles. The first kappa shape index (κ1) is 11.0. The van der Waals surface area contributed by atoms with Crippen LogP contribution in [0.2, 0.25) is 0 Å². The summed E-state index contributed by atoms with van der Waals surface area (Å²) in [5.41, 5.74) is 6.05. The molecule has 11 heavy (non-hydrogen) atoms. The molecule has 0 saturated heterocycles. The minimum absolute atomic E-state index is 0.0178. The summed E-state index contributed by atoms with van der Waals surface area (Å²) >= 11 is 0. The third kappa shape index (κ3) is 4.41. The van der Waals surface area contributed by atoms with Gasteiger partial charge in [0.1, 0.15) is 0 Å². The molecule has 1 nitrogen and oxygen atoms in total. The fourth-order valence-corrected chi connectivity index (χ4v) is 1.55. The molecule has 0 aromatic heterocycles. The first-order valence-corrected chi connectivity index (χ1v) is 4.81. The molecule has 0 aliphatic carbocycles. The van der Waals surface area contributed by atoms with Gasteiger partial charge >= 0.3 is 0 Å². The Bertz CT molecular complexity index is 91.5. The van der Waals surface area contributed by atoms with E-state index < -0.39 is 0 Å². The highest BCUT2D eigenvalue weighted by molar-refractivity contribution is 4.80. The Hall–Kier alpha value is -0.0400. The van der Waals surface area contributed by atoms with Crippen molar-refractivity contribution in [2.75, 3.05) is 0 Å². The number of nitrogens with two attached hydrogens (primary N) is 1. The largest absolute Gasteiger partial charge is 0.325 e. The lowest BCUT2D eigenvalue weighted by Gasteiger charge is -2.29. The van der Waals surface area contributed by atoms with Crippen LogP contribution in [0.25, 0.3) is 0 Å². The van der Waals surface area contributed by atoms with E-state index >= 15 is 0 Å². The third-order valence-electron chi connectivity index (χ3n) is 2.45. The molecule has 0 heterocycles. The molecular formula is C10H23N. The lowest BCUT2D eigenvalue weighted by Crippen LogP contribution is -2.40. The highest BCUT2D eigenvalue weighted by atomic mass is 14.7. The van der Waals surface area contributed by atoms with Crippen molar-refractivity contribution in [3.63, 3.8) is 0 Å². The Morgan fingerprint density at radius 2 is 1.82 bits per heavy atom. The predicted molar refractivity (Wildman–Crippen MR) is 51.6 cm³/mol. The zero-order valence-electron chi connectivity index (χ0n) is 8.48. The molecule has 0 amide bonds. The number of rotatable bonds is 5. The highest BCUT2D eigenvalue weighted by Crippen LogP contribution is 2.22. The molecule has 0 aromatic carbocycles. The molecule has 0 spiro atoms. The van der Waals surface area contributed by atoms with Crippen molar-refractivity contribution < 1.29 is 0 Å². The number of hydrogen-bond acceptors (Lipinski definition) is 1. The Balaban J connectivity index is 3.76. The van der Waals surface area contributed by atoms with Crippen LogP contribution in [0.3, 0.4) is 0 Å². The zero-order chi connectivity index (χ0) is 8.91. The van der Waals surface area contributed by atoms with E-state index in [9.17, 15) is 0 Å². The van der Waals surface area contributed by atoms with Crippen LogP contribution in [-0.4, -0.2) is 5.54 Å². The van der Waals surface area contributed by atoms with Crippen molar-refractivity contribution in [1.29, 1.82) is 0 Å². The van der Waals surface area contributed by atoms with Gasteiger partial charge < -0.3 is 5.73 Å². The Morgan fingerprint density at radius 1 is 1.27 bits per heavy atom. The molecule has 0 radical (unpaired) electrons. The van der Waals surface area contributed by atoms with Gasteiger partial charge in [-0.2, -0.15) is 0 Å². The fraction of sp³-hybridized carbons (Fsp3) is 1.00. The van der Waals surface area contributed by atoms with Crippen LogP contribution in [0.4, 0.5) is 0 Å². The van der Waals surface area contributed by atoms with E-state index in [2.05, 4.69) is 27.7 Å². The van der Waals surface area contributed by atoms with Crippen molar-refractivity contribution >= 4 is 0 Å². The van der Waals surface area contributed by atoms with Gasteiger partial charge in [0, 0.05) is 5.54 Å². The second-order valence-corrected chi connectivity index (χ2v) is 4.07. The fourth-order valence-electron chi connectivity index (χ4n) is 1.55. The molecule has 0 aromatic rings. The summed E-state index contributed by atoms with van der Waals surface area (Å²) < 4.78 is 0. The molecular weight excluding hydrogens is 134 g/mol. The van der Waals surface area contributed by atoms with Crippen molar-refractivity contribution in [3.8, 4) is 0 Å². The van der Waals surface area contributed by atoms with E-state index in [0.717, 1.165) is 0 Å². The Labute approximate surface area is 71.4 Å². The third-order valence-corrected chi connectivity index (χ3v) is 2.45. The minimum Gasteiger partial charge on any atom is -0.325 e. The number of unbranched alkanes of at least 4 members (excludes halogenated alkanes) is 1. The molecule has 1 unspecified atom stereocenters. The van der Waals surface area contributed by atoms with Crippen LogP contribution in [-0.2, 0) is 0 Å². The van der Waals surface area contributed by atoms with Crippen LogP contribution in [0.15, 0.2) is 0 Å². The first-order valence-electron chi connectivity index (χ1n) is 4.81. The van der Waals surface area contributed by atoms with Crippen molar-refractivity contribution in [2.45, 2.75) is 58.9 Å². The lowest BCUT2D eigenvalue weighted by atomic mass is 9.83. The normalized spacial score (nSPS) is 15.0. The smallest absolute Gasteiger partial charge is 0.0125 e. The van der Waals surface area contributed by atoms with Gasteiger partial charge in [-0.3, -0.25) is 0 Å². The second-order valence-electron chi connectivity index (χ2n) is 4.07. The predicted octanol–water partition coefficient (Wildman–Crippen LogP) is 2.94. The van der Waals surface area contributed by atoms with E-state index in [1.54, 1.807) is 0 Å². The molecule has 0 aliphatic rings. The average molecular weight is 157 g/mol. The van der Waals surface area contributed by atoms with Gasteiger partial charge in [-0.25, -0.2) is 0 Å². The molecule has 0 fully saturated rings. The van der Waals surface area contributed by atoms with E-state index in [4.69, 9.17) is 5.73 Å². The van der Waals surface area contributed by atoms with E-state index in [1.807, 2.05) is 0 Å². The van der Waals surface area contributed by atoms with Gasteiger partial charge in [0.15, 0.2) is 0 Å². The summed E-state index contributed by atoms with van der Waals surface area (Å²) in [6.45, 7) is 8.73. The van der Waals surface area contributed by atoms with Crippen molar-refractivity contribution in [2.24, 2.45) is 11.7 Å². The Morgan fingerprint density at radius 3 is 2.09 bits per heavy atom. The number of hydrogen-bond donors (Lipinski definition) is 1. The summed E-state index contributed by atoms with van der Waals surface area (Å²) in [6.07, 6.45) is 5.10. The van der Waals surface area contributed by atoms with Crippen LogP contribution in [0.1, 0.15) is 53.4 Å². The SMILES string of the molecule is CCCCC(CC)C(C)(C)N. The highest BCUT2D eigenvalue weighted by Gasteiger charge is 2.22. The molecule has 0 aliphatic heterocycles. The summed E-state index contributed by atoms with van der Waals surface area (Å²) in [6, 6.07) is 0. The quantitative estimate of drug-likeness (QED) is 0.652. The van der Waals surface area contributed by atoms with Crippen molar-refractivity contribution in [1.82, 2.24) is 0 Å². The molecule has 68 valence electrons. The van der Waals surface area contributed by atoms with Gasteiger partial charge in [0.2, 0.25) is 0 Å². The van der Waals surface area contributed by atoms with E-state index in [1.165, 1.54) is 25.7 Å². The maximum absolute atomic E-state index is 6.03. The van der Waals surface area contributed by atoms with Gasteiger partial charge in [0.05, 0.1) is 0 Å². The molecule has 1 atom stereocenters. The maximum Gasteiger partial charge on any atom is 0.0125 e. The van der Waals surface area contributed by atoms with Crippen molar-refractivity contribution in [3.05, 3.63) is 0 Å². The first-order chi connectivity index (χ1) is 5.02. The van der Waals surface area contributed by atoms with Crippen LogP contribution >= 0.6 is 0 Å². The van der Waals surface area contributed by atoms with Gasteiger partial charge in [0.25, 0.3) is 0 Å². The monoisotopic (exact) mass is 157 g/mol. The Kier molecular flexibility index (Phi) is 4.74. The summed E-state index contributed by atoms with van der Waals surface area (Å²) in [4.78, 5) is 0. The van der Waals surface area contributed by atoms with Crippen LogP contribution in [0, 0.1) is 5.92 Å². The standard InChI is InChI=1S/C10H23N/c1-5-7-8-9(6-2)10(3,4)11/h9H,5-8,11H2,1-4H3. The van der Waals surface area contributed by atoms with Gasteiger partial charge in [-0.15, -0.1) is 0 Å². The minimum atomic E-state index is 0.0178. The van der Waals surface area contributed by atoms with Gasteiger partial charge in [-0.05, 0) is 26.2 Å². The molecule has 2 N–H and O–H groups in total. The van der Waals surface area contributed by atoms with Gasteiger partial charge in [-0.1, -0.05) is 33.1 Å². The average Bonchev–Trinajstić information content (AvgIpc) is 1.87. The van der Waals surface area contributed by atoms with E-state index in [0.29, 0.717) is 5.92 Å². The van der Waals surface area contributed by atoms with Crippen LogP contribution < -0.4 is 5.73 Å². The molecule has 0 rings (SSSR count). The second kappa shape index (κ2) is 4.76. The molecule has 1 heteroatoms.